The van der Waals surface area contributed by atoms with Gasteiger partial charge in [0.05, 0.1) is 0 Å². The van der Waals surface area contributed by atoms with E-state index in [1.807, 2.05) is 60.7 Å². The van der Waals surface area contributed by atoms with Crippen molar-refractivity contribution >= 4 is 5.97 Å². The van der Waals surface area contributed by atoms with Crippen LogP contribution in [0.15, 0.2) is 60.7 Å². The molecule has 2 aromatic carbocycles. The molecule has 4 unspecified atom stereocenters. The summed E-state index contributed by atoms with van der Waals surface area (Å²) < 4.78 is 6.56. The van der Waals surface area contributed by atoms with Crippen molar-refractivity contribution in [3.63, 3.8) is 0 Å². The van der Waals surface area contributed by atoms with Crippen molar-refractivity contribution in [3.05, 3.63) is 71.8 Å². The quantitative estimate of drug-likeness (QED) is 0.371. The Labute approximate surface area is 230 Å². The zero-order valence-corrected chi connectivity index (χ0v) is 24.3. The molecule has 4 atom stereocenters. The second kappa shape index (κ2) is 11.5. The summed E-state index contributed by atoms with van der Waals surface area (Å²) in [6, 6.07) is 18.5. The smallest absolute Gasteiger partial charge is 0.347 e. The van der Waals surface area contributed by atoms with E-state index in [1.165, 1.54) is 0 Å². The van der Waals surface area contributed by atoms with E-state index in [2.05, 4.69) is 51.3 Å². The standard InChI is InChI=1S/C33H48N2O3/c1-7-34(8-2)22-23-35(9-3)24-27-28-20-21-32(6,31(28,4)5)29(27)38-30(36)33(37,25-16-12-10-13-17-25)26-18-14-11-15-19-26/h10-19,27-29,37H,7-9,20-24H2,1-6H3. The van der Waals surface area contributed by atoms with Gasteiger partial charge in [0.1, 0.15) is 6.10 Å². The number of esters is 1. The molecule has 0 amide bonds. The third kappa shape index (κ3) is 4.94. The van der Waals surface area contributed by atoms with Crippen LogP contribution in [-0.2, 0) is 15.1 Å². The lowest BCUT2D eigenvalue weighted by atomic mass is 9.70. The molecule has 2 bridgehead atoms. The van der Waals surface area contributed by atoms with Crippen molar-refractivity contribution in [1.82, 2.24) is 9.80 Å². The normalized spacial score (nSPS) is 26.3. The number of benzene rings is 2. The first-order valence-corrected chi connectivity index (χ1v) is 14.6. The largest absolute Gasteiger partial charge is 0.459 e. The number of aliphatic hydroxyl groups is 1. The molecule has 2 aromatic rings. The molecule has 0 heterocycles. The molecule has 5 heteroatoms. The minimum atomic E-state index is -1.86. The lowest BCUT2D eigenvalue weighted by Gasteiger charge is -2.42. The third-order valence-corrected chi connectivity index (χ3v) is 10.4. The molecule has 5 nitrogen and oxygen atoms in total. The van der Waals surface area contributed by atoms with Crippen molar-refractivity contribution in [2.75, 3.05) is 39.3 Å². The molecule has 2 saturated carbocycles. The Balaban J connectivity index is 1.64. The van der Waals surface area contributed by atoms with E-state index in [1.54, 1.807) is 0 Å². The van der Waals surface area contributed by atoms with E-state index in [4.69, 9.17) is 4.74 Å². The van der Waals surface area contributed by atoms with Gasteiger partial charge < -0.3 is 19.6 Å². The summed E-state index contributed by atoms with van der Waals surface area (Å²) >= 11 is 0. The van der Waals surface area contributed by atoms with Crippen molar-refractivity contribution in [3.8, 4) is 0 Å². The van der Waals surface area contributed by atoms with Gasteiger partial charge in [-0.2, -0.15) is 0 Å². The van der Waals surface area contributed by atoms with Crippen LogP contribution in [0.5, 0.6) is 0 Å². The van der Waals surface area contributed by atoms with Gasteiger partial charge in [0, 0.05) is 31.0 Å². The molecule has 208 valence electrons. The zero-order valence-electron chi connectivity index (χ0n) is 24.3. The molecule has 4 rings (SSSR count). The van der Waals surface area contributed by atoms with Gasteiger partial charge in [-0.25, -0.2) is 4.79 Å². The molecular formula is C33H48N2O3. The van der Waals surface area contributed by atoms with Crippen LogP contribution in [-0.4, -0.2) is 66.2 Å². The Kier molecular flexibility index (Phi) is 8.71. The Morgan fingerprint density at radius 1 is 0.895 bits per heavy atom. The second-order valence-electron chi connectivity index (χ2n) is 12.1. The summed E-state index contributed by atoms with van der Waals surface area (Å²) in [7, 11) is 0. The van der Waals surface area contributed by atoms with Crippen molar-refractivity contribution < 1.29 is 14.6 Å². The van der Waals surface area contributed by atoms with Gasteiger partial charge in [0.2, 0.25) is 5.60 Å². The maximum absolute atomic E-state index is 14.2. The van der Waals surface area contributed by atoms with Gasteiger partial charge in [-0.3, -0.25) is 0 Å². The summed E-state index contributed by atoms with van der Waals surface area (Å²) in [5, 5.41) is 12.1. The number of likely N-dealkylation sites (N-methyl/N-ethyl adjacent to an activating group) is 2. The van der Waals surface area contributed by atoms with Gasteiger partial charge >= 0.3 is 5.97 Å². The predicted octanol–water partition coefficient (Wildman–Crippen LogP) is 5.57. The first-order valence-electron chi connectivity index (χ1n) is 14.6. The van der Waals surface area contributed by atoms with Crippen LogP contribution >= 0.6 is 0 Å². The molecule has 0 aromatic heterocycles. The monoisotopic (exact) mass is 520 g/mol. The highest BCUT2D eigenvalue weighted by Crippen LogP contribution is 2.68. The van der Waals surface area contributed by atoms with Crippen molar-refractivity contribution in [1.29, 1.82) is 0 Å². The maximum atomic E-state index is 14.2. The molecular weight excluding hydrogens is 472 g/mol. The third-order valence-electron chi connectivity index (χ3n) is 10.4. The molecule has 0 radical (unpaired) electrons. The highest BCUT2D eigenvalue weighted by atomic mass is 16.6. The first-order chi connectivity index (χ1) is 18.1. The molecule has 2 aliphatic carbocycles. The summed E-state index contributed by atoms with van der Waals surface area (Å²) in [6.45, 7) is 19.7. The Bertz CT molecular complexity index is 1010. The summed E-state index contributed by atoms with van der Waals surface area (Å²) in [4.78, 5) is 19.1. The van der Waals surface area contributed by atoms with Crippen LogP contribution in [0.2, 0.25) is 0 Å². The number of carbonyl (C=O) groups excluding carboxylic acids is 1. The summed E-state index contributed by atoms with van der Waals surface area (Å²) in [5.41, 5.74) is -0.865. The van der Waals surface area contributed by atoms with E-state index < -0.39 is 11.6 Å². The van der Waals surface area contributed by atoms with E-state index in [0.717, 1.165) is 52.1 Å². The molecule has 0 aliphatic heterocycles. The van der Waals surface area contributed by atoms with Crippen LogP contribution in [0.25, 0.3) is 0 Å². The fourth-order valence-corrected chi connectivity index (χ4v) is 7.40. The number of carbonyl (C=O) groups is 1. The van der Waals surface area contributed by atoms with E-state index in [-0.39, 0.29) is 22.9 Å². The van der Waals surface area contributed by atoms with Gasteiger partial charge in [0.25, 0.3) is 0 Å². The lowest BCUT2D eigenvalue weighted by Crippen LogP contribution is -2.49. The minimum Gasteiger partial charge on any atom is -0.459 e. The van der Waals surface area contributed by atoms with Crippen LogP contribution < -0.4 is 0 Å². The number of hydrogen-bond donors (Lipinski definition) is 1. The SMILES string of the molecule is CCN(CC)CCN(CC)CC1C2CCC(C)(C1OC(=O)C(O)(c1ccccc1)c1ccccc1)C2(C)C. The number of fused-ring (bicyclic) bond motifs is 2. The van der Waals surface area contributed by atoms with Gasteiger partial charge in [-0.05, 0) is 54.9 Å². The number of hydrogen-bond acceptors (Lipinski definition) is 5. The van der Waals surface area contributed by atoms with E-state index in [0.29, 0.717) is 17.0 Å². The summed E-state index contributed by atoms with van der Waals surface area (Å²) in [5.74, 6) is 0.148. The van der Waals surface area contributed by atoms with Crippen LogP contribution in [0.3, 0.4) is 0 Å². The average Bonchev–Trinajstić information content (AvgIpc) is 3.26. The fraction of sp³-hybridized carbons (Fsp3) is 0.606. The first kappa shape index (κ1) is 28.8. The predicted molar refractivity (Wildman–Crippen MR) is 154 cm³/mol. The average molecular weight is 521 g/mol. The van der Waals surface area contributed by atoms with Crippen molar-refractivity contribution in [2.24, 2.45) is 22.7 Å². The van der Waals surface area contributed by atoms with Gasteiger partial charge in [0.15, 0.2) is 0 Å². The van der Waals surface area contributed by atoms with E-state index in [9.17, 15) is 9.90 Å². The highest BCUT2D eigenvalue weighted by molar-refractivity contribution is 5.85. The second-order valence-corrected chi connectivity index (χ2v) is 12.1. The molecule has 38 heavy (non-hydrogen) atoms. The molecule has 0 spiro atoms. The van der Waals surface area contributed by atoms with Gasteiger partial charge in [-0.15, -0.1) is 0 Å². The Morgan fingerprint density at radius 3 is 1.89 bits per heavy atom. The minimum absolute atomic E-state index is 0.0541. The topological polar surface area (TPSA) is 53.0 Å². The fourth-order valence-electron chi connectivity index (χ4n) is 7.40. The molecule has 2 aliphatic rings. The molecule has 2 fully saturated rings. The number of ether oxygens (including phenoxy) is 1. The number of rotatable bonds is 12. The van der Waals surface area contributed by atoms with Crippen LogP contribution in [0, 0.1) is 22.7 Å². The lowest BCUT2D eigenvalue weighted by molar-refractivity contribution is -0.179. The zero-order chi connectivity index (χ0) is 27.6. The van der Waals surface area contributed by atoms with Crippen LogP contribution in [0.1, 0.15) is 65.5 Å². The van der Waals surface area contributed by atoms with Gasteiger partial charge in [-0.1, -0.05) is 102 Å². The molecule has 0 saturated heterocycles. The Hall–Kier alpha value is -2.21. The highest BCUT2D eigenvalue weighted by Gasteiger charge is 2.68. The van der Waals surface area contributed by atoms with Crippen LogP contribution in [0.4, 0.5) is 0 Å². The van der Waals surface area contributed by atoms with E-state index >= 15 is 0 Å². The summed E-state index contributed by atoms with van der Waals surface area (Å²) in [6.07, 6.45) is 1.96. The maximum Gasteiger partial charge on any atom is 0.347 e. The Morgan fingerprint density at radius 2 is 1.39 bits per heavy atom. The number of nitrogens with zero attached hydrogens (tertiary/aromatic N) is 2. The molecule has 1 N–H and O–H groups in total. The van der Waals surface area contributed by atoms with Crippen molar-refractivity contribution in [2.45, 2.75) is 66.1 Å².